The van der Waals surface area contributed by atoms with Gasteiger partial charge in [-0.2, -0.15) is 0 Å². The summed E-state index contributed by atoms with van der Waals surface area (Å²) in [5.41, 5.74) is 1.58. The van der Waals surface area contributed by atoms with E-state index in [4.69, 9.17) is 4.74 Å². The van der Waals surface area contributed by atoms with Crippen LogP contribution in [0.2, 0.25) is 0 Å². The summed E-state index contributed by atoms with van der Waals surface area (Å²) in [6.07, 6.45) is 6.99. The second-order valence-corrected chi connectivity index (χ2v) is 6.63. The Morgan fingerprint density at radius 2 is 2.00 bits per heavy atom. The molecule has 1 rings (SSSR count). The summed E-state index contributed by atoms with van der Waals surface area (Å²) >= 11 is 0. The van der Waals surface area contributed by atoms with Crippen LogP contribution < -0.4 is 0 Å². The van der Waals surface area contributed by atoms with Gasteiger partial charge in [0.15, 0.2) is 0 Å². The molecule has 0 spiro atoms. The molecule has 1 aliphatic carbocycles. The lowest BCUT2D eigenvalue weighted by Crippen LogP contribution is -2.26. The summed E-state index contributed by atoms with van der Waals surface area (Å²) in [7, 11) is 0. The zero-order chi connectivity index (χ0) is 16.0. The van der Waals surface area contributed by atoms with Crippen molar-refractivity contribution in [2.45, 2.75) is 65.9 Å². The molecule has 0 saturated heterocycles. The Bertz CT molecular complexity index is 457. The van der Waals surface area contributed by atoms with Crippen LogP contribution in [0.4, 0.5) is 0 Å². The lowest BCUT2D eigenvalue weighted by molar-refractivity contribution is -0.148. The van der Waals surface area contributed by atoms with E-state index in [1.807, 2.05) is 0 Å². The summed E-state index contributed by atoms with van der Waals surface area (Å²) in [4.78, 5) is 22.6. The fourth-order valence-electron chi connectivity index (χ4n) is 2.62. The topological polar surface area (TPSA) is 63.6 Å². The standard InChI is InChI=1S/C17H26O4/c1-12-6-5-7-14(16(19)20)10-15(21-13(2)18)11-17(3,4)9-8-12/h7-8,15H,5-6,9-11H2,1-4H3,(H,19,20)/b12-8+,14-7-/t15-/m1/s1. The number of carbonyl (C=O) groups excluding carboxylic acids is 1. The molecule has 0 aromatic rings. The summed E-state index contributed by atoms with van der Waals surface area (Å²) in [5, 5.41) is 9.31. The number of carbonyl (C=O) groups is 2. The van der Waals surface area contributed by atoms with E-state index in [-0.39, 0.29) is 23.9 Å². The number of aliphatic carboxylic acids is 1. The minimum Gasteiger partial charge on any atom is -0.478 e. The number of allylic oxidation sites excluding steroid dienone is 3. The average Bonchev–Trinajstić information content (AvgIpc) is 2.35. The van der Waals surface area contributed by atoms with Crippen LogP contribution in [0.15, 0.2) is 23.3 Å². The number of hydrogen-bond donors (Lipinski definition) is 1. The fraction of sp³-hybridized carbons (Fsp3) is 0.647. The van der Waals surface area contributed by atoms with Crippen LogP contribution in [-0.4, -0.2) is 23.1 Å². The van der Waals surface area contributed by atoms with Gasteiger partial charge in [-0.3, -0.25) is 4.79 Å². The molecule has 0 amide bonds. The van der Waals surface area contributed by atoms with Crippen LogP contribution in [0.1, 0.15) is 59.8 Å². The SMILES string of the molecule is CC(=O)O[C@@H]1C/C(C(=O)O)=C/CC/C(C)=C/CC(C)(C)C1. The number of carboxylic acid groups (broad SMARTS) is 1. The zero-order valence-electron chi connectivity index (χ0n) is 13.4. The lowest BCUT2D eigenvalue weighted by atomic mass is 9.81. The summed E-state index contributed by atoms with van der Waals surface area (Å²) in [6, 6.07) is 0. The highest BCUT2D eigenvalue weighted by atomic mass is 16.5. The van der Waals surface area contributed by atoms with E-state index in [9.17, 15) is 14.7 Å². The number of rotatable bonds is 2. The molecule has 118 valence electrons. The second-order valence-electron chi connectivity index (χ2n) is 6.63. The van der Waals surface area contributed by atoms with Crippen molar-refractivity contribution in [1.29, 1.82) is 0 Å². The van der Waals surface area contributed by atoms with Gasteiger partial charge in [-0.25, -0.2) is 4.79 Å². The molecule has 0 aromatic carbocycles. The number of ether oxygens (including phenoxy) is 1. The normalized spacial score (nSPS) is 28.3. The molecule has 0 aromatic heterocycles. The van der Waals surface area contributed by atoms with Gasteiger partial charge in [0.05, 0.1) is 0 Å². The van der Waals surface area contributed by atoms with Gasteiger partial charge < -0.3 is 9.84 Å². The van der Waals surface area contributed by atoms with Gasteiger partial charge >= 0.3 is 11.9 Å². The van der Waals surface area contributed by atoms with Crippen molar-refractivity contribution >= 4 is 11.9 Å². The largest absolute Gasteiger partial charge is 0.478 e. The van der Waals surface area contributed by atoms with Gasteiger partial charge in [-0.05, 0) is 38.0 Å². The first-order valence-corrected chi connectivity index (χ1v) is 7.45. The Hall–Kier alpha value is -1.58. The Labute approximate surface area is 126 Å². The first-order valence-electron chi connectivity index (χ1n) is 7.45. The summed E-state index contributed by atoms with van der Waals surface area (Å²) in [5.74, 6) is -1.28. The van der Waals surface area contributed by atoms with Gasteiger partial charge in [0, 0.05) is 18.9 Å². The van der Waals surface area contributed by atoms with Crippen LogP contribution in [0.25, 0.3) is 0 Å². The smallest absolute Gasteiger partial charge is 0.331 e. The van der Waals surface area contributed by atoms with E-state index in [1.165, 1.54) is 12.5 Å². The average molecular weight is 294 g/mol. The number of esters is 1. The van der Waals surface area contributed by atoms with E-state index in [0.29, 0.717) is 18.4 Å². The molecule has 0 fully saturated rings. The molecule has 0 radical (unpaired) electrons. The molecular weight excluding hydrogens is 268 g/mol. The highest BCUT2D eigenvalue weighted by Crippen LogP contribution is 2.32. The van der Waals surface area contributed by atoms with E-state index >= 15 is 0 Å². The van der Waals surface area contributed by atoms with Crippen molar-refractivity contribution in [2.75, 3.05) is 0 Å². The Balaban J connectivity index is 3.03. The third-order valence-corrected chi connectivity index (χ3v) is 3.77. The number of hydrogen-bond acceptors (Lipinski definition) is 3. The van der Waals surface area contributed by atoms with Crippen LogP contribution in [0, 0.1) is 5.41 Å². The third-order valence-electron chi connectivity index (χ3n) is 3.77. The van der Waals surface area contributed by atoms with Gasteiger partial charge in [0.25, 0.3) is 0 Å². The Morgan fingerprint density at radius 3 is 2.57 bits per heavy atom. The maximum absolute atomic E-state index is 11.4. The number of carboxylic acids is 1. The van der Waals surface area contributed by atoms with Crippen molar-refractivity contribution < 1.29 is 19.4 Å². The Morgan fingerprint density at radius 1 is 1.33 bits per heavy atom. The quantitative estimate of drug-likeness (QED) is 0.620. The molecular formula is C17H26O4. The molecule has 4 heteroatoms. The molecule has 1 N–H and O–H groups in total. The van der Waals surface area contributed by atoms with Crippen LogP contribution in [-0.2, 0) is 14.3 Å². The van der Waals surface area contributed by atoms with Crippen molar-refractivity contribution in [3.05, 3.63) is 23.3 Å². The fourth-order valence-corrected chi connectivity index (χ4v) is 2.62. The van der Waals surface area contributed by atoms with Gasteiger partial charge in [0.2, 0.25) is 0 Å². The van der Waals surface area contributed by atoms with Crippen LogP contribution in [0.5, 0.6) is 0 Å². The zero-order valence-corrected chi connectivity index (χ0v) is 13.4. The minimum absolute atomic E-state index is 0.0324. The predicted octanol–water partition coefficient (Wildman–Crippen LogP) is 3.87. The molecule has 1 aliphatic rings. The van der Waals surface area contributed by atoms with Crippen molar-refractivity contribution in [3.63, 3.8) is 0 Å². The van der Waals surface area contributed by atoms with Crippen molar-refractivity contribution in [1.82, 2.24) is 0 Å². The molecule has 21 heavy (non-hydrogen) atoms. The van der Waals surface area contributed by atoms with E-state index in [2.05, 4.69) is 26.8 Å². The van der Waals surface area contributed by atoms with E-state index in [0.717, 1.165) is 12.8 Å². The van der Waals surface area contributed by atoms with Crippen molar-refractivity contribution in [3.8, 4) is 0 Å². The van der Waals surface area contributed by atoms with Gasteiger partial charge in [-0.1, -0.05) is 31.6 Å². The van der Waals surface area contributed by atoms with Crippen LogP contribution in [0.3, 0.4) is 0 Å². The monoisotopic (exact) mass is 294 g/mol. The summed E-state index contributed by atoms with van der Waals surface area (Å²) < 4.78 is 5.34. The first-order chi connectivity index (χ1) is 9.69. The molecule has 0 saturated carbocycles. The van der Waals surface area contributed by atoms with Gasteiger partial charge in [0.1, 0.15) is 6.10 Å². The minimum atomic E-state index is -0.925. The molecule has 0 bridgehead atoms. The predicted molar refractivity (Wildman–Crippen MR) is 81.9 cm³/mol. The van der Waals surface area contributed by atoms with Crippen molar-refractivity contribution in [2.24, 2.45) is 5.41 Å². The second kappa shape index (κ2) is 7.43. The maximum atomic E-state index is 11.4. The molecule has 0 unspecified atom stereocenters. The van der Waals surface area contributed by atoms with E-state index in [1.54, 1.807) is 6.08 Å². The van der Waals surface area contributed by atoms with E-state index < -0.39 is 5.97 Å². The first kappa shape index (κ1) is 17.5. The molecule has 1 atom stereocenters. The molecule has 0 heterocycles. The highest BCUT2D eigenvalue weighted by Gasteiger charge is 2.27. The maximum Gasteiger partial charge on any atom is 0.331 e. The van der Waals surface area contributed by atoms with Crippen LogP contribution >= 0.6 is 0 Å². The van der Waals surface area contributed by atoms with Gasteiger partial charge in [-0.15, -0.1) is 0 Å². The summed E-state index contributed by atoms with van der Waals surface area (Å²) in [6.45, 7) is 7.68. The molecule has 0 aliphatic heterocycles. The Kier molecular flexibility index (Phi) is 6.19. The lowest BCUT2D eigenvalue weighted by Gasteiger charge is -2.28. The third kappa shape index (κ3) is 6.61. The highest BCUT2D eigenvalue weighted by molar-refractivity contribution is 5.86. The molecule has 4 nitrogen and oxygen atoms in total.